The summed E-state index contributed by atoms with van der Waals surface area (Å²) in [6, 6.07) is 2.50. The van der Waals surface area contributed by atoms with Crippen LogP contribution >= 0.6 is 11.6 Å². The van der Waals surface area contributed by atoms with Crippen molar-refractivity contribution in [2.45, 2.75) is 6.04 Å². The van der Waals surface area contributed by atoms with E-state index in [0.717, 1.165) is 0 Å². The van der Waals surface area contributed by atoms with Gasteiger partial charge in [0.15, 0.2) is 0 Å². The monoisotopic (exact) mass is 270 g/mol. The van der Waals surface area contributed by atoms with Crippen molar-refractivity contribution in [2.24, 2.45) is 5.92 Å². The van der Waals surface area contributed by atoms with Gasteiger partial charge in [-0.3, -0.25) is 9.59 Å². The lowest BCUT2D eigenvalue weighted by Gasteiger charge is -2.15. The normalized spacial score (nSPS) is 22.7. The molecule has 0 saturated carbocycles. The first-order chi connectivity index (χ1) is 8.58. The van der Waals surface area contributed by atoms with Crippen LogP contribution < -0.4 is 5.32 Å². The minimum atomic E-state index is -0.980. The molecule has 18 heavy (non-hydrogen) atoms. The van der Waals surface area contributed by atoms with Crippen LogP contribution in [-0.2, 0) is 9.53 Å². The highest BCUT2D eigenvalue weighted by atomic mass is 35.5. The maximum Gasteiger partial charge on any atom is 0.311 e. The van der Waals surface area contributed by atoms with E-state index in [9.17, 15) is 9.59 Å². The number of nitrogens with one attached hydrogen (secondary N) is 1. The van der Waals surface area contributed by atoms with Crippen LogP contribution in [0.25, 0.3) is 0 Å². The summed E-state index contributed by atoms with van der Waals surface area (Å²) >= 11 is 5.61. The highest BCUT2D eigenvalue weighted by Gasteiger charge is 2.35. The molecule has 6 nitrogen and oxygen atoms in total. The third-order valence-corrected chi connectivity index (χ3v) is 2.93. The maximum atomic E-state index is 11.8. The fraction of sp³-hybridized carbons (Fsp3) is 0.364. The van der Waals surface area contributed by atoms with Crippen molar-refractivity contribution < 1.29 is 19.4 Å². The number of carboxylic acids is 1. The molecule has 1 aromatic heterocycles. The molecule has 1 amide bonds. The molecule has 2 heterocycles. The van der Waals surface area contributed by atoms with E-state index < -0.39 is 17.9 Å². The second-order valence-electron chi connectivity index (χ2n) is 3.93. The lowest BCUT2D eigenvalue weighted by atomic mass is 10.0. The van der Waals surface area contributed by atoms with Gasteiger partial charge in [0.25, 0.3) is 5.91 Å². The summed E-state index contributed by atoms with van der Waals surface area (Å²) in [7, 11) is 0. The summed E-state index contributed by atoms with van der Waals surface area (Å²) in [4.78, 5) is 26.5. The topological polar surface area (TPSA) is 88.5 Å². The Bertz CT molecular complexity index is 463. The third kappa shape index (κ3) is 2.77. The molecule has 1 aromatic rings. The summed E-state index contributed by atoms with van der Waals surface area (Å²) in [5.74, 6) is -2.08. The van der Waals surface area contributed by atoms with Crippen molar-refractivity contribution in [3.05, 3.63) is 29.0 Å². The van der Waals surface area contributed by atoms with Crippen LogP contribution in [0, 0.1) is 5.92 Å². The number of carbonyl (C=O) groups is 2. The first kappa shape index (κ1) is 12.8. The molecule has 0 radical (unpaired) electrons. The smallest absolute Gasteiger partial charge is 0.311 e. The molecule has 0 spiro atoms. The molecule has 96 valence electrons. The Morgan fingerprint density at radius 3 is 2.83 bits per heavy atom. The van der Waals surface area contributed by atoms with Gasteiger partial charge in [0.05, 0.1) is 24.8 Å². The molecule has 2 atom stereocenters. The molecule has 1 aliphatic heterocycles. The second kappa shape index (κ2) is 5.32. The minimum Gasteiger partial charge on any atom is -0.481 e. The van der Waals surface area contributed by atoms with Crippen molar-refractivity contribution >= 4 is 23.5 Å². The average Bonchev–Trinajstić information content (AvgIpc) is 2.78. The van der Waals surface area contributed by atoms with Gasteiger partial charge in [-0.15, -0.1) is 0 Å². The number of hydrogen-bond acceptors (Lipinski definition) is 4. The molecule has 2 N–H and O–H groups in total. The predicted octanol–water partition coefficient (Wildman–Crippen LogP) is 0.564. The summed E-state index contributed by atoms with van der Waals surface area (Å²) < 4.78 is 5.05. The molecule has 7 heteroatoms. The quantitative estimate of drug-likeness (QED) is 0.784. The molecule has 1 saturated heterocycles. The van der Waals surface area contributed by atoms with E-state index in [4.69, 9.17) is 21.4 Å². The Morgan fingerprint density at radius 2 is 2.22 bits per heavy atom. The number of halogens is 1. The molecule has 2 rings (SSSR count). The van der Waals surface area contributed by atoms with Crippen LogP contribution in [0.15, 0.2) is 18.3 Å². The maximum absolute atomic E-state index is 11.8. The second-order valence-corrected chi connectivity index (χ2v) is 4.32. The Hall–Kier alpha value is -1.66. The first-order valence-electron chi connectivity index (χ1n) is 5.31. The number of rotatable bonds is 3. The van der Waals surface area contributed by atoms with Gasteiger partial charge in [-0.1, -0.05) is 11.6 Å². The average molecular weight is 271 g/mol. The van der Waals surface area contributed by atoms with E-state index in [1.54, 1.807) is 0 Å². The fourth-order valence-electron chi connectivity index (χ4n) is 1.70. The molecular formula is C11H11ClN2O4. The number of carbonyl (C=O) groups excluding carboxylic acids is 1. The zero-order valence-corrected chi connectivity index (χ0v) is 10.1. The molecular weight excluding hydrogens is 260 g/mol. The van der Waals surface area contributed by atoms with Gasteiger partial charge in [0.1, 0.15) is 11.1 Å². The van der Waals surface area contributed by atoms with Crippen molar-refractivity contribution in [3.63, 3.8) is 0 Å². The standard InChI is InChI=1S/C11H11ClN2O4/c12-9-2-1-6(3-13-9)10(15)14-8-5-18-4-7(8)11(16)17/h1-3,7-8H,4-5H2,(H,14,15)(H,16,17). The summed E-state index contributed by atoms with van der Waals surface area (Å²) in [6.45, 7) is 0.308. The van der Waals surface area contributed by atoms with E-state index in [1.165, 1.54) is 18.3 Å². The summed E-state index contributed by atoms with van der Waals surface area (Å²) in [5, 5.41) is 11.9. The number of nitrogens with zero attached hydrogens (tertiary/aromatic N) is 1. The van der Waals surface area contributed by atoms with Crippen molar-refractivity contribution in [1.82, 2.24) is 10.3 Å². The van der Waals surface area contributed by atoms with Gasteiger partial charge in [-0.25, -0.2) is 4.98 Å². The van der Waals surface area contributed by atoms with Gasteiger partial charge in [0, 0.05) is 6.20 Å². The molecule has 0 bridgehead atoms. The molecule has 1 fully saturated rings. The van der Waals surface area contributed by atoms with Gasteiger partial charge in [-0.05, 0) is 12.1 Å². The first-order valence-corrected chi connectivity index (χ1v) is 5.68. The number of aliphatic carboxylic acids is 1. The Kier molecular flexibility index (Phi) is 3.78. The number of amides is 1. The Morgan fingerprint density at radius 1 is 1.44 bits per heavy atom. The number of hydrogen-bond donors (Lipinski definition) is 2. The van der Waals surface area contributed by atoms with Gasteiger partial charge < -0.3 is 15.2 Å². The Balaban J connectivity index is 2.03. The van der Waals surface area contributed by atoms with Crippen LogP contribution in [0.3, 0.4) is 0 Å². The summed E-state index contributed by atoms with van der Waals surface area (Å²) in [6.07, 6.45) is 1.34. The van der Waals surface area contributed by atoms with E-state index in [-0.39, 0.29) is 19.1 Å². The highest BCUT2D eigenvalue weighted by Crippen LogP contribution is 2.14. The van der Waals surface area contributed by atoms with E-state index in [2.05, 4.69) is 10.3 Å². The zero-order chi connectivity index (χ0) is 13.1. The zero-order valence-electron chi connectivity index (χ0n) is 9.30. The van der Waals surface area contributed by atoms with Crippen molar-refractivity contribution in [1.29, 1.82) is 0 Å². The van der Waals surface area contributed by atoms with E-state index in [0.29, 0.717) is 10.7 Å². The SMILES string of the molecule is O=C(NC1COCC1C(=O)O)c1ccc(Cl)nc1. The number of carboxylic acid groups (broad SMARTS) is 1. The molecule has 1 aliphatic rings. The lowest BCUT2D eigenvalue weighted by molar-refractivity contribution is -0.142. The third-order valence-electron chi connectivity index (χ3n) is 2.70. The van der Waals surface area contributed by atoms with Crippen molar-refractivity contribution in [3.8, 4) is 0 Å². The van der Waals surface area contributed by atoms with Crippen LogP contribution in [-0.4, -0.2) is 41.2 Å². The van der Waals surface area contributed by atoms with Crippen LogP contribution in [0.2, 0.25) is 5.15 Å². The summed E-state index contributed by atoms with van der Waals surface area (Å²) in [5.41, 5.74) is 0.329. The van der Waals surface area contributed by atoms with Crippen LogP contribution in [0.1, 0.15) is 10.4 Å². The van der Waals surface area contributed by atoms with Gasteiger partial charge in [-0.2, -0.15) is 0 Å². The minimum absolute atomic E-state index is 0.110. The number of pyridine rings is 1. The molecule has 2 unspecified atom stereocenters. The highest BCUT2D eigenvalue weighted by molar-refractivity contribution is 6.29. The fourth-order valence-corrected chi connectivity index (χ4v) is 1.81. The lowest BCUT2D eigenvalue weighted by Crippen LogP contribution is -2.42. The van der Waals surface area contributed by atoms with Crippen LogP contribution in [0.5, 0.6) is 0 Å². The van der Waals surface area contributed by atoms with Crippen molar-refractivity contribution in [2.75, 3.05) is 13.2 Å². The largest absolute Gasteiger partial charge is 0.481 e. The number of aromatic nitrogens is 1. The molecule has 0 aromatic carbocycles. The molecule has 0 aliphatic carbocycles. The van der Waals surface area contributed by atoms with E-state index in [1.807, 2.05) is 0 Å². The number of ether oxygens (including phenoxy) is 1. The predicted molar refractivity (Wildman–Crippen MR) is 62.4 cm³/mol. The van der Waals surface area contributed by atoms with Gasteiger partial charge >= 0.3 is 5.97 Å². The van der Waals surface area contributed by atoms with E-state index >= 15 is 0 Å². The van der Waals surface area contributed by atoms with Gasteiger partial charge in [0.2, 0.25) is 0 Å². The Labute approximate surface area is 108 Å². The van der Waals surface area contributed by atoms with Crippen LogP contribution in [0.4, 0.5) is 0 Å².